The summed E-state index contributed by atoms with van der Waals surface area (Å²) in [6.45, 7) is 44.7. The lowest BCUT2D eigenvalue weighted by atomic mass is 9.30. The van der Waals surface area contributed by atoms with Crippen LogP contribution in [0.15, 0.2) is 69.7 Å². The highest BCUT2D eigenvalue weighted by atomic mass is 16.4. The van der Waals surface area contributed by atoms with Crippen molar-refractivity contribution in [1.82, 2.24) is 0 Å². The zero-order valence-electron chi connectivity index (χ0n) is 44.4. The fourth-order valence-corrected chi connectivity index (χ4v) is 14.7. The van der Waals surface area contributed by atoms with E-state index in [1.54, 1.807) is 11.0 Å². The van der Waals surface area contributed by atoms with E-state index in [0.29, 0.717) is 0 Å². The summed E-state index contributed by atoms with van der Waals surface area (Å²) < 4.78 is 7.80. The number of benzene rings is 3. The third-order valence-corrected chi connectivity index (χ3v) is 19.6. The van der Waals surface area contributed by atoms with Gasteiger partial charge in [0.25, 0.3) is 6.71 Å². The van der Waals surface area contributed by atoms with Crippen LogP contribution >= 0.6 is 0 Å². The minimum absolute atomic E-state index is 0.0395. The van der Waals surface area contributed by atoms with Gasteiger partial charge in [0.15, 0.2) is 5.88 Å². The number of rotatable bonds is 2. The Morgan fingerprint density at radius 2 is 0.985 bits per heavy atom. The van der Waals surface area contributed by atoms with E-state index in [4.69, 9.17) is 4.42 Å². The van der Waals surface area contributed by atoms with Gasteiger partial charge in [-0.25, -0.2) is 0 Å². The van der Waals surface area contributed by atoms with Crippen LogP contribution < -0.4 is 20.7 Å². The molecule has 3 heterocycles. The van der Waals surface area contributed by atoms with E-state index >= 15 is 0 Å². The lowest BCUT2D eigenvalue weighted by Crippen LogP contribution is -2.62. The molecule has 7 aliphatic rings. The highest BCUT2D eigenvalue weighted by molar-refractivity contribution is 6.94. The maximum absolute atomic E-state index is 7.80. The van der Waals surface area contributed by atoms with Crippen molar-refractivity contribution in [2.75, 3.05) is 9.80 Å². The van der Waals surface area contributed by atoms with Crippen molar-refractivity contribution in [3.63, 3.8) is 0 Å². The normalized spacial score (nSPS) is 25.9. The largest absolute Gasteiger partial charge is 0.445 e. The molecule has 4 heteroatoms. The summed E-state index contributed by atoms with van der Waals surface area (Å²) in [4.78, 5) is 5.53. The first-order chi connectivity index (χ1) is 30.5. The molecule has 0 fully saturated rings. The monoisotopic (exact) mass is 881 g/mol. The molecule has 2 aliphatic heterocycles. The van der Waals surface area contributed by atoms with E-state index < -0.39 is 0 Å². The van der Waals surface area contributed by atoms with Crippen LogP contribution in [0.5, 0.6) is 0 Å². The van der Waals surface area contributed by atoms with E-state index in [2.05, 4.69) is 183 Å². The number of allylic oxidation sites excluding steroid dienone is 1. The molecule has 0 N–H and O–H groups in total. The molecule has 11 rings (SSSR count). The first-order valence-electron chi connectivity index (χ1n) is 26.2. The van der Waals surface area contributed by atoms with Gasteiger partial charge in [-0.2, -0.15) is 0 Å². The molecule has 0 spiro atoms. The molecule has 0 bridgehead atoms. The maximum atomic E-state index is 7.80. The fourth-order valence-electron chi connectivity index (χ4n) is 14.7. The first kappa shape index (κ1) is 44.6. The Kier molecular flexibility index (Phi) is 9.08. The molecule has 0 saturated heterocycles. The molecule has 0 amide bonds. The van der Waals surface area contributed by atoms with Gasteiger partial charge < -0.3 is 14.2 Å². The van der Waals surface area contributed by atoms with Crippen molar-refractivity contribution < 1.29 is 4.42 Å². The van der Waals surface area contributed by atoms with Crippen LogP contribution in [0.1, 0.15) is 226 Å². The number of aryl methyl sites for hydroxylation is 1. The van der Waals surface area contributed by atoms with Crippen LogP contribution in [0.25, 0.3) is 0 Å². The van der Waals surface area contributed by atoms with Crippen molar-refractivity contribution in [1.29, 1.82) is 0 Å². The second-order valence-electron chi connectivity index (χ2n) is 28.2. The van der Waals surface area contributed by atoms with E-state index in [-0.39, 0.29) is 56.1 Å². The second kappa shape index (κ2) is 13.4. The molecular formula is C62H81BN2O. The first-order valence-corrected chi connectivity index (χ1v) is 26.2. The van der Waals surface area contributed by atoms with Crippen molar-refractivity contribution in [2.45, 2.75) is 232 Å². The van der Waals surface area contributed by atoms with Crippen LogP contribution in [-0.2, 0) is 43.3 Å². The van der Waals surface area contributed by atoms with Gasteiger partial charge in [0.1, 0.15) is 5.76 Å². The lowest BCUT2D eigenvalue weighted by Gasteiger charge is -2.51. The van der Waals surface area contributed by atoms with Crippen LogP contribution in [0.3, 0.4) is 0 Å². The quantitative estimate of drug-likeness (QED) is 0.187. The zero-order chi connectivity index (χ0) is 47.4. The third-order valence-electron chi connectivity index (χ3n) is 19.6. The van der Waals surface area contributed by atoms with Gasteiger partial charge in [-0.1, -0.05) is 135 Å². The van der Waals surface area contributed by atoms with Gasteiger partial charge >= 0.3 is 0 Å². The van der Waals surface area contributed by atoms with E-state index in [1.165, 1.54) is 122 Å². The van der Waals surface area contributed by atoms with E-state index in [1.807, 2.05) is 0 Å². The SMILES string of the molecule is CC1=CC2=C3B(c4cc5c(cc4N2c2ccc4c(c2)C(C)(C)CCC4(C)C)C(C)(C)CCC5(C)C)c2c(oc4c2C(C)(C)CCC4(C)C)N(c2cc4c(cc2C)C(C)(C)CCC4(C)C)C3C1. The smallest absolute Gasteiger partial charge is 0.252 e. The van der Waals surface area contributed by atoms with Crippen molar-refractivity contribution in [3.8, 4) is 0 Å². The average molecular weight is 881 g/mol. The zero-order valence-corrected chi connectivity index (χ0v) is 44.4. The maximum Gasteiger partial charge on any atom is 0.252 e. The van der Waals surface area contributed by atoms with Gasteiger partial charge in [0.05, 0.1) is 6.04 Å². The van der Waals surface area contributed by atoms with Crippen LogP contribution in [0.4, 0.5) is 22.9 Å². The van der Waals surface area contributed by atoms with Gasteiger partial charge in [-0.3, -0.25) is 0 Å². The van der Waals surface area contributed by atoms with Crippen LogP contribution in [-0.4, -0.2) is 12.8 Å². The Morgan fingerprint density at radius 1 is 0.515 bits per heavy atom. The summed E-state index contributed by atoms with van der Waals surface area (Å²) in [5, 5.41) is 0. The summed E-state index contributed by atoms with van der Waals surface area (Å²) in [7, 11) is 0. The van der Waals surface area contributed by atoms with Crippen molar-refractivity contribution in [2.24, 2.45) is 0 Å². The Balaban J connectivity index is 1.28. The predicted molar refractivity (Wildman–Crippen MR) is 282 cm³/mol. The van der Waals surface area contributed by atoms with E-state index in [9.17, 15) is 0 Å². The topological polar surface area (TPSA) is 19.6 Å². The Morgan fingerprint density at radius 3 is 1.56 bits per heavy atom. The Bertz CT molecular complexity index is 2840. The van der Waals surface area contributed by atoms with Gasteiger partial charge in [0, 0.05) is 28.2 Å². The van der Waals surface area contributed by atoms with Crippen LogP contribution in [0.2, 0.25) is 0 Å². The molecule has 1 unspecified atom stereocenters. The molecule has 4 aromatic rings. The van der Waals surface area contributed by atoms with Gasteiger partial charge in [0.2, 0.25) is 0 Å². The number of furan rings is 1. The summed E-state index contributed by atoms with van der Waals surface area (Å²) in [5.74, 6) is 2.33. The third kappa shape index (κ3) is 6.12. The molecule has 5 aliphatic carbocycles. The van der Waals surface area contributed by atoms with Gasteiger partial charge in [-0.15, -0.1) is 0 Å². The number of fused-ring (bicyclic) bond motifs is 9. The molecule has 1 aromatic heterocycles. The molecule has 1 atom stereocenters. The minimum atomic E-state index is -0.0730. The number of anilines is 4. The molecule has 3 aromatic carbocycles. The van der Waals surface area contributed by atoms with Gasteiger partial charge in [-0.05, 0) is 201 Å². The molecular weight excluding hydrogens is 800 g/mol. The molecule has 0 radical (unpaired) electrons. The Labute approximate surface area is 400 Å². The molecule has 0 saturated carbocycles. The molecule has 348 valence electrons. The highest BCUT2D eigenvalue weighted by Crippen LogP contribution is 2.58. The Hall–Kier alpha value is -3.92. The standard InChI is InChI=1S/C62H81BN2O/c1-36-29-48-51-49(30-36)65(46-34-43-40(31-37(46)2)56(5,6)23-25-59(43,11)12)54-52(50-53(66-54)62(17,18)28-27-61(50,15)16)63(51)45-33-42-44(60(13,14)26-24-58(42,9)10)35-47(45)64(48)38-19-20-39-41(32-38)57(7,8)22-21-55(39,3)4/h19-20,29,31-35,49H,21-28,30H2,1-18H3. The molecule has 3 nitrogen and oxygen atoms in total. The summed E-state index contributed by atoms with van der Waals surface area (Å²) in [6.07, 6.45) is 13.1. The van der Waals surface area contributed by atoms with E-state index in [0.717, 1.165) is 25.1 Å². The number of hydrogen-bond acceptors (Lipinski definition) is 3. The fraction of sp³-hybridized carbons (Fsp3) is 0.581. The predicted octanol–water partition coefficient (Wildman–Crippen LogP) is 15.4. The summed E-state index contributed by atoms with van der Waals surface area (Å²) in [6, 6.07) is 18.4. The average Bonchev–Trinajstić information content (AvgIpc) is 3.65. The van der Waals surface area contributed by atoms with Crippen LogP contribution in [0, 0.1) is 6.92 Å². The minimum Gasteiger partial charge on any atom is -0.445 e. The summed E-state index contributed by atoms with van der Waals surface area (Å²) >= 11 is 0. The van der Waals surface area contributed by atoms with Crippen molar-refractivity contribution in [3.05, 3.63) is 116 Å². The number of hydrogen-bond donors (Lipinski definition) is 0. The second-order valence-corrected chi connectivity index (χ2v) is 28.2. The van der Waals surface area contributed by atoms with Crippen molar-refractivity contribution >= 4 is 40.6 Å². The lowest BCUT2D eigenvalue weighted by molar-refractivity contribution is 0.279. The number of nitrogens with zero attached hydrogens (tertiary/aromatic N) is 2. The highest BCUT2D eigenvalue weighted by Gasteiger charge is 2.56. The molecule has 66 heavy (non-hydrogen) atoms. The summed E-state index contributed by atoms with van der Waals surface area (Å²) in [5.41, 5.74) is 23.8.